The predicted molar refractivity (Wildman–Crippen MR) is 73.2 cm³/mol. The molecule has 1 amide bonds. The van der Waals surface area contributed by atoms with Crippen molar-refractivity contribution < 1.29 is 14.6 Å². The molecule has 1 aliphatic heterocycles. The summed E-state index contributed by atoms with van der Waals surface area (Å²) in [5, 5.41) is 13.3. The summed E-state index contributed by atoms with van der Waals surface area (Å²) in [5.41, 5.74) is 5.56. The van der Waals surface area contributed by atoms with E-state index in [1.54, 1.807) is 18.2 Å². The lowest BCUT2D eigenvalue weighted by molar-refractivity contribution is -0.0605. The van der Waals surface area contributed by atoms with Crippen LogP contribution in [0.25, 0.3) is 0 Å². The Morgan fingerprint density at radius 2 is 2.11 bits per heavy atom. The summed E-state index contributed by atoms with van der Waals surface area (Å²) in [5.74, 6) is -0.297. The van der Waals surface area contributed by atoms with Crippen molar-refractivity contribution in [1.29, 1.82) is 0 Å². The standard InChI is InChI=1S/C13H17ClN2O3/c14-10-5-9(6-11(15)7-10)12(17)16-8-13(18)1-3-19-4-2-13/h5-7,18H,1-4,8,15H2,(H,16,17). The van der Waals surface area contributed by atoms with Crippen LogP contribution < -0.4 is 11.1 Å². The third kappa shape index (κ3) is 3.83. The first-order valence-electron chi connectivity index (χ1n) is 6.13. The number of nitrogens with one attached hydrogen (secondary N) is 1. The molecule has 2 rings (SSSR count). The van der Waals surface area contributed by atoms with Crippen LogP contribution in [0.5, 0.6) is 0 Å². The summed E-state index contributed by atoms with van der Waals surface area (Å²) < 4.78 is 5.18. The van der Waals surface area contributed by atoms with Crippen LogP contribution in [0.15, 0.2) is 18.2 Å². The molecule has 5 nitrogen and oxygen atoms in total. The molecular weight excluding hydrogens is 268 g/mol. The number of aliphatic hydroxyl groups is 1. The maximum Gasteiger partial charge on any atom is 0.251 e. The van der Waals surface area contributed by atoms with Gasteiger partial charge in [-0.05, 0) is 18.2 Å². The van der Waals surface area contributed by atoms with E-state index in [0.717, 1.165) is 0 Å². The molecule has 104 valence electrons. The van der Waals surface area contributed by atoms with Crippen LogP contribution in [-0.2, 0) is 4.74 Å². The summed E-state index contributed by atoms with van der Waals surface area (Å²) in [6.45, 7) is 1.22. The number of amides is 1. The van der Waals surface area contributed by atoms with Gasteiger partial charge in [0.05, 0.1) is 5.60 Å². The van der Waals surface area contributed by atoms with Gasteiger partial charge in [-0.2, -0.15) is 0 Å². The zero-order valence-corrected chi connectivity index (χ0v) is 11.2. The molecule has 1 heterocycles. The normalized spacial score (nSPS) is 18.0. The molecule has 1 aromatic rings. The lowest BCUT2D eigenvalue weighted by atomic mass is 9.94. The number of nitrogen functional groups attached to an aromatic ring is 1. The first-order chi connectivity index (χ1) is 8.98. The Labute approximate surface area is 116 Å². The van der Waals surface area contributed by atoms with Gasteiger partial charge in [-0.3, -0.25) is 4.79 Å². The minimum Gasteiger partial charge on any atom is -0.399 e. The number of ether oxygens (including phenoxy) is 1. The summed E-state index contributed by atoms with van der Waals surface area (Å²) in [4.78, 5) is 12.0. The molecule has 0 saturated carbocycles. The van der Waals surface area contributed by atoms with Crippen molar-refractivity contribution in [3.63, 3.8) is 0 Å². The fourth-order valence-electron chi connectivity index (χ4n) is 2.02. The van der Waals surface area contributed by atoms with Crippen molar-refractivity contribution >= 4 is 23.2 Å². The maximum atomic E-state index is 12.0. The average molecular weight is 285 g/mol. The first-order valence-corrected chi connectivity index (χ1v) is 6.51. The van der Waals surface area contributed by atoms with E-state index in [1.807, 2.05) is 0 Å². The van der Waals surface area contributed by atoms with Crippen molar-refractivity contribution in [2.45, 2.75) is 18.4 Å². The van der Waals surface area contributed by atoms with Gasteiger partial charge in [-0.25, -0.2) is 0 Å². The third-order valence-corrected chi connectivity index (χ3v) is 3.40. The van der Waals surface area contributed by atoms with Crippen LogP contribution in [0.4, 0.5) is 5.69 Å². The van der Waals surface area contributed by atoms with E-state index in [9.17, 15) is 9.90 Å². The van der Waals surface area contributed by atoms with Gasteiger partial charge in [0.15, 0.2) is 0 Å². The minimum absolute atomic E-state index is 0.196. The lowest BCUT2D eigenvalue weighted by Crippen LogP contribution is -2.46. The monoisotopic (exact) mass is 284 g/mol. The van der Waals surface area contributed by atoms with Crippen molar-refractivity contribution in [2.75, 3.05) is 25.5 Å². The topological polar surface area (TPSA) is 84.6 Å². The molecule has 6 heteroatoms. The van der Waals surface area contributed by atoms with Gasteiger partial charge in [-0.1, -0.05) is 11.6 Å². The van der Waals surface area contributed by atoms with Crippen LogP contribution in [-0.4, -0.2) is 36.4 Å². The van der Waals surface area contributed by atoms with Crippen LogP contribution >= 0.6 is 11.6 Å². The number of carbonyl (C=O) groups excluding carboxylic acids is 1. The highest BCUT2D eigenvalue weighted by Crippen LogP contribution is 2.20. The molecule has 0 spiro atoms. The first kappa shape index (κ1) is 14.1. The predicted octanol–water partition coefficient (Wildman–Crippen LogP) is 1.19. The fraction of sp³-hybridized carbons (Fsp3) is 0.462. The number of benzene rings is 1. The highest BCUT2D eigenvalue weighted by molar-refractivity contribution is 6.31. The Balaban J connectivity index is 1.97. The molecule has 1 saturated heterocycles. The number of rotatable bonds is 3. The van der Waals surface area contributed by atoms with E-state index >= 15 is 0 Å². The van der Waals surface area contributed by atoms with E-state index in [2.05, 4.69) is 5.32 Å². The van der Waals surface area contributed by atoms with Crippen molar-refractivity contribution in [1.82, 2.24) is 5.32 Å². The highest BCUT2D eigenvalue weighted by atomic mass is 35.5. The molecule has 1 aromatic carbocycles. The molecular formula is C13H17ClN2O3. The Morgan fingerprint density at radius 1 is 1.42 bits per heavy atom. The Kier molecular flexibility index (Phi) is 4.29. The van der Waals surface area contributed by atoms with Crippen LogP contribution in [0, 0.1) is 0 Å². The van der Waals surface area contributed by atoms with Gasteiger partial charge in [-0.15, -0.1) is 0 Å². The summed E-state index contributed by atoms with van der Waals surface area (Å²) in [7, 11) is 0. The van der Waals surface area contributed by atoms with E-state index in [4.69, 9.17) is 22.1 Å². The molecule has 4 N–H and O–H groups in total. The Morgan fingerprint density at radius 3 is 2.74 bits per heavy atom. The largest absolute Gasteiger partial charge is 0.399 e. The number of hydrogen-bond donors (Lipinski definition) is 3. The van der Waals surface area contributed by atoms with Gasteiger partial charge in [0, 0.05) is 48.9 Å². The van der Waals surface area contributed by atoms with Gasteiger partial charge < -0.3 is 20.9 Å². The SMILES string of the molecule is Nc1cc(Cl)cc(C(=O)NCC2(O)CCOCC2)c1. The average Bonchev–Trinajstić information content (AvgIpc) is 2.36. The van der Waals surface area contributed by atoms with Gasteiger partial charge >= 0.3 is 0 Å². The molecule has 0 radical (unpaired) electrons. The molecule has 0 bridgehead atoms. The lowest BCUT2D eigenvalue weighted by Gasteiger charge is -2.32. The quantitative estimate of drug-likeness (QED) is 0.728. The zero-order valence-electron chi connectivity index (χ0n) is 10.5. The third-order valence-electron chi connectivity index (χ3n) is 3.18. The molecule has 0 atom stereocenters. The Hall–Kier alpha value is -1.30. The summed E-state index contributed by atoms with van der Waals surface area (Å²) in [6.07, 6.45) is 1.04. The molecule has 1 aliphatic rings. The Bertz CT molecular complexity index is 453. The second-order valence-electron chi connectivity index (χ2n) is 4.79. The van der Waals surface area contributed by atoms with Gasteiger partial charge in [0.2, 0.25) is 0 Å². The van der Waals surface area contributed by atoms with Gasteiger partial charge in [0.25, 0.3) is 5.91 Å². The van der Waals surface area contributed by atoms with E-state index in [0.29, 0.717) is 42.3 Å². The van der Waals surface area contributed by atoms with Crippen molar-refractivity contribution in [2.24, 2.45) is 0 Å². The number of nitrogens with two attached hydrogens (primary N) is 1. The molecule has 0 aliphatic carbocycles. The van der Waals surface area contributed by atoms with Crippen molar-refractivity contribution in [3.05, 3.63) is 28.8 Å². The maximum absolute atomic E-state index is 12.0. The van der Waals surface area contributed by atoms with E-state index < -0.39 is 5.60 Å². The summed E-state index contributed by atoms with van der Waals surface area (Å²) in [6, 6.07) is 4.67. The number of carbonyl (C=O) groups is 1. The number of hydrogen-bond acceptors (Lipinski definition) is 4. The molecule has 19 heavy (non-hydrogen) atoms. The van der Waals surface area contributed by atoms with Crippen molar-refractivity contribution in [3.8, 4) is 0 Å². The number of halogens is 1. The van der Waals surface area contributed by atoms with Crippen LogP contribution in [0.1, 0.15) is 23.2 Å². The summed E-state index contributed by atoms with van der Waals surface area (Å²) >= 11 is 5.84. The molecule has 1 fully saturated rings. The number of anilines is 1. The van der Waals surface area contributed by atoms with Crippen LogP contribution in [0.3, 0.4) is 0 Å². The molecule has 0 unspecified atom stereocenters. The zero-order chi connectivity index (χ0) is 13.9. The highest BCUT2D eigenvalue weighted by Gasteiger charge is 2.30. The van der Waals surface area contributed by atoms with E-state index in [1.165, 1.54) is 0 Å². The second kappa shape index (κ2) is 5.77. The molecule has 0 aromatic heterocycles. The van der Waals surface area contributed by atoms with Crippen LogP contribution in [0.2, 0.25) is 5.02 Å². The second-order valence-corrected chi connectivity index (χ2v) is 5.23. The smallest absolute Gasteiger partial charge is 0.251 e. The fourth-order valence-corrected chi connectivity index (χ4v) is 2.26. The van der Waals surface area contributed by atoms with E-state index in [-0.39, 0.29) is 12.5 Å². The van der Waals surface area contributed by atoms with Gasteiger partial charge in [0.1, 0.15) is 0 Å². The minimum atomic E-state index is -0.891.